The second kappa shape index (κ2) is 8.20. The van der Waals surface area contributed by atoms with E-state index < -0.39 is 0 Å². The normalized spacial score (nSPS) is 12.9. The second-order valence-electron chi connectivity index (χ2n) is 4.38. The topological polar surface area (TPSA) is 28.2 Å². The van der Waals surface area contributed by atoms with Crippen molar-refractivity contribution in [1.29, 1.82) is 0 Å². The first-order valence-electron chi connectivity index (χ1n) is 6.62. The van der Waals surface area contributed by atoms with Crippen LogP contribution in [0.1, 0.15) is 32.9 Å². The fraction of sp³-hybridized carbons (Fsp3) is 0.643. The first-order valence-corrected chi connectivity index (χ1v) is 6.62. The Morgan fingerprint density at radius 2 is 2.18 bits per heavy atom. The number of hydrogen-bond donors (Lipinski definition) is 1. The average Bonchev–Trinajstić information content (AvgIpc) is 2.37. The van der Waals surface area contributed by atoms with Crippen molar-refractivity contribution < 1.29 is 0 Å². The molecular weight excluding hydrogens is 210 g/mol. The Balaban J connectivity index is 2.42. The van der Waals surface area contributed by atoms with Gasteiger partial charge in [0.05, 0.1) is 5.69 Å². The largest absolute Gasteiger partial charge is 0.317 e. The Labute approximate surface area is 105 Å². The van der Waals surface area contributed by atoms with Gasteiger partial charge in [0.2, 0.25) is 0 Å². The van der Waals surface area contributed by atoms with E-state index in [2.05, 4.69) is 48.1 Å². The molecule has 3 heteroatoms. The Hall–Kier alpha value is -0.930. The molecule has 0 spiro atoms. The lowest BCUT2D eigenvalue weighted by Gasteiger charge is -2.27. The molecule has 1 unspecified atom stereocenters. The van der Waals surface area contributed by atoms with Crippen LogP contribution in [0.5, 0.6) is 0 Å². The molecule has 0 aromatic carbocycles. The van der Waals surface area contributed by atoms with Crippen molar-refractivity contribution in [3.8, 4) is 0 Å². The molecule has 1 heterocycles. The van der Waals surface area contributed by atoms with Crippen LogP contribution in [0.3, 0.4) is 0 Å². The molecule has 0 radical (unpaired) electrons. The van der Waals surface area contributed by atoms with Gasteiger partial charge in [0, 0.05) is 18.8 Å². The van der Waals surface area contributed by atoms with Crippen LogP contribution in [0.2, 0.25) is 0 Å². The maximum absolute atomic E-state index is 4.39. The molecule has 0 aliphatic rings. The summed E-state index contributed by atoms with van der Waals surface area (Å²) in [6.07, 6.45) is 3.06. The zero-order valence-corrected chi connectivity index (χ0v) is 11.3. The van der Waals surface area contributed by atoms with E-state index in [1.807, 2.05) is 12.3 Å². The summed E-state index contributed by atoms with van der Waals surface area (Å²) in [7, 11) is 0. The number of hydrogen-bond acceptors (Lipinski definition) is 3. The number of rotatable bonds is 8. The van der Waals surface area contributed by atoms with E-state index in [1.165, 1.54) is 6.42 Å². The molecule has 0 aliphatic heterocycles. The SMILES string of the molecule is CCNCCC(C)N(CC)Cc1ccccn1. The summed E-state index contributed by atoms with van der Waals surface area (Å²) in [6, 6.07) is 6.72. The van der Waals surface area contributed by atoms with Gasteiger partial charge in [0.25, 0.3) is 0 Å². The van der Waals surface area contributed by atoms with E-state index in [0.29, 0.717) is 6.04 Å². The number of nitrogens with zero attached hydrogens (tertiary/aromatic N) is 2. The van der Waals surface area contributed by atoms with Gasteiger partial charge in [-0.1, -0.05) is 19.9 Å². The third-order valence-electron chi connectivity index (χ3n) is 3.11. The quantitative estimate of drug-likeness (QED) is 0.701. The maximum atomic E-state index is 4.39. The van der Waals surface area contributed by atoms with Gasteiger partial charge in [-0.15, -0.1) is 0 Å². The Morgan fingerprint density at radius 3 is 2.76 bits per heavy atom. The van der Waals surface area contributed by atoms with Crippen molar-refractivity contribution in [2.24, 2.45) is 0 Å². The number of pyridine rings is 1. The molecule has 0 saturated carbocycles. The predicted molar refractivity (Wildman–Crippen MR) is 72.9 cm³/mol. The van der Waals surface area contributed by atoms with Gasteiger partial charge in [-0.25, -0.2) is 0 Å². The van der Waals surface area contributed by atoms with E-state index in [4.69, 9.17) is 0 Å². The predicted octanol–water partition coefficient (Wildman–Crippen LogP) is 2.29. The Morgan fingerprint density at radius 1 is 1.35 bits per heavy atom. The molecule has 0 fully saturated rings. The molecule has 1 N–H and O–H groups in total. The highest BCUT2D eigenvalue weighted by molar-refractivity contribution is 5.03. The van der Waals surface area contributed by atoms with E-state index >= 15 is 0 Å². The van der Waals surface area contributed by atoms with E-state index in [1.54, 1.807) is 0 Å². The highest BCUT2D eigenvalue weighted by atomic mass is 15.2. The third-order valence-corrected chi connectivity index (χ3v) is 3.11. The van der Waals surface area contributed by atoms with Crippen molar-refractivity contribution in [2.75, 3.05) is 19.6 Å². The molecule has 1 atom stereocenters. The monoisotopic (exact) mass is 235 g/mol. The van der Waals surface area contributed by atoms with Crippen LogP contribution >= 0.6 is 0 Å². The first kappa shape index (κ1) is 14.1. The standard InChI is InChI=1S/C14H25N3/c1-4-15-11-9-13(3)17(5-2)12-14-8-6-7-10-16-14/h6-8,10,13,15H,4-5,9,11-12H2,1-3H3. The van der Waals surface area contributed by atoms with E-state index in [9.17, 15) is 0 Å². The highest BCUT2D eigenvalue weighted by Gasteiger charge is 2.12. The average molecular weight is 235 g/mol. The third kappa shape index (κ3) is 5.29. The van der Waals surface area contributed by atoms with Crippen molar-refractivity contribution in [2.45, 2.75) is 39.8 Å². The van der Waals surface area contributed by atoms with Gasteiger partial charge in [-0.05, 0) is 45.1 Å². The van der Waals surface area contributed by atoms with Gasteiger partial charge >= 0.3 is 0 Å². The molecule has 1 aromatic heterocycles. The Bertz CT molecular complexity index is 287. The second-order valence-corrected chi connectivity index (χ2v) is 4.38. The minimum Gasteiger partial charge on any atom is -0.317 e. The summed E-state index contributed by atoms with van der Waals surface area (Å²) in [5.41, 5.74) is 1.16. The molecule has 0 bridgehead atoms. The summed E-state index contributed by atoms with van der Waals surface area (Å²) >= 11 is 0. The van der Waals surface area contributed by atoms with Gasteiger partial charge in [0.1, 0.15) is 0 Å². The van der Waals surface area contributed by atoms with E-state index in [0.717, 1.165) is 31.9 Å². The zero-order chi connectivity index (χ0) is 12.5. The van der Waals surface area contributed by atoms with Crippen LogP contribution < -0.4 is 5.32 Å². The van der Waals surface area contributed by atoms with Gasteiger partial charge in [-0.2, -0.15) is 0 Å². The van der Waals surface area contributed by atoms with Crippen molar-refractivity contribution >= 4 is 0 Å². The van der Waals surface area contributed by atoms with Crippen molar-refractivity contribution in [3.05, 3.63) is 30.1 Å². The molecule has 0 saturated heterocycles. The number of nitrogens with one attached hydrogen (secondary N) is 1. The van der Waals surface area contributed by atoms with Gasteiger partial charge in [0.15, 0.2) is 0 Å². The molecule has 1 aromatic rings. The molecule has 3 nitrogen and oxygen atoms in total. The number of aromatic nitrogens is 1. The van der Waals surface area contributed by atoms with Crippen LogP contribution in [0, 0.1) is 0 Å². The first-order chi connectivity index (χ1) is 8.27. The summed E-state index contributed by atoms with van der Waals surface area (Å²) in [5, 5.41) is 3.38. The molecule has 17 heavy (non-hydrogen) atoms. The summed E-state index contributed by atoms with van der Waals surface area (Å²) < 4.78 is 0. The van der Waals surface area contributed by atoms with Crippen LogP contribution in [0.15, 0.2) is 24.4 Å². The fourth-order valence-electron chi connectivity index (χ4n) is 1.95. The van der Waals surface area contributed by atoms with Gasteiger partial charge < -0.3 is 5.32 Å². The summed E-state index contributed by atoms with van der Waals surface area (Å²) in [6.45, 7) is 10.8. The van der Waals surface area contributed by atoms with Crippen molar-refractivity contribution in [3.63, 3.8) is 0 Å². The highest BCUT2D eigenvalue weighted by Crippen LogP contribution is 2.08. The summed E-state index contributed by atoms with van der Waals surface area (Å²) in [5.74, 6) is 0. The van der Waals surface area contributed by atoms with E-state index in [-0.39, 0.29) is 0 Å². The maximum Gasteiger partial charge on any atom is 0.0544 e. The zero-order valence-electron chi connectivity index (χ0n) is 11.3. The van der Waals surface area contributed by atoms with Gasteiger partial charge in [-0.3, -0.25) is 9.88 Å². The van der Waals surface area contributed by atoms with Crippen LogP contribution in [-0.2, 0) is 6.54 Å². The minimum absolute atomic E-state index is 0.598. The molecule has 0 aliphatic carbocycles. The summed E-state index contributed by atoms with van der Waals surface area (Å²) in [4.78, 5) is 6.86. The molecule has 96 valence electrons. The Kier molecular flexibility index (Phi) is 6.82. The molecule has 1 rings (SSSR count). The molecule has 0 amide bonds. The lowest BCUT2D eigenvalue weighted by molar-refractivity contribution is 0.198. The molecular formula is C14H25N3. The van der Waals surface area contributed by atoms with Crippen LogP contribution in [0.4, 0.5) is 0 Å². The van der Waals surface area contributed by atoms with Crippen LogP contribution in [0.25, 0.3) is 0 Å². The smallest absolute Gasteiger partial charge is 0.0544 e. The fourth-order valence-corrected chi connectivity index (χ4v) is 1.95. The van der Waals surface area contributed by atoms with Crippen LogP contribution in [-0.4, -0.2) is 35.6 Å². The lowest BCUT2D eigenvalue weighted by atomic mass is 10.2. The minimum atomic E-state index is 0.598. The lowest BCUT2D eigenvalue weighted by Crippen LogP contribution is -2.35. The van der Waals surface area contributed by atoms with Crippen molar-refractivity contribution in [1.82, 2.24) is 15.2 Å².